The molecule has 5 heteroatoms. The average Bonchev–Trinajstić information content (AvgIpc) is 2.22. The first-order valence-corrected chi connectivity index (χ1v) is 6.87. The van der Waals surface area contributed by atoms with Crippen molar-refractivity contribution in [1.29, 1.82) is 0 Å². The van der Waals surface area contributed by atoms with Crippen molar-refractivity contribution in [2.45, 2.75) is 20.8 Å². The molecule has 0 fully saturated rings. The summed E-state index contributed by atoms with van der Waals surface area (Å²) < 4.78 is 30.8. The highest BCUT2D eigenvalue weighted by atomic mass is 32.2. The second kappa shape index (κ2) is 5.21. The number of ether oxygens (including phenoxy) is 1. The molecule has 0 aliphatic rings. The summed E-state index contributed by atoms with van der Waals surface area (Å²) in [7, 11) is -3.26. The smallest absolute Gasteiger partial charge is 0.232 e. The predicted octanol–water partition coefficient (Wildman–Crippen LogP) is 2.16. The van der Waals surface area contributed by atoms with E-state index < -0.39 is 10.0 Å². The van der Waals surface area contributed by atoms with E-state index in [0.717, 1.165) is 5.56 Å². The van der Waals surface area contributed by atoms with Crippen LogP contribution in [-0.2, 0) is 10.0 Å². The third-order valence-electron chi connectivity index (χ3n) is 2.08. The van der Waals surface area contributed by atoms with Crippen molar-refractivity contribution in [2.24, 2.45) is 0 Å². The zero-order chi connectivity index (χ0) is 12.2. The second-order valence-corrected chi connectivity index (χ2v) is 5.45. The van der Waals surface area contributed by atoms with Crippen LogP contribution < -0.4 is 9.46 Å². The molecule has 0 atom stereocenters. The minimum absolute atomic E-state index is 0.0481. The molecule has 0 amide bonds. The maximum absolute atomic E-state index is 11.4. The molecule has 1 aromatic carbocycles. The monoisotopic (exact) mass is 243 g/mol. The predicted molar refractivity (Wildman–Crippen MR) is 65.4 cm³/mol. The van der Waals surface area contributed by atoms with Crippen molar-refractivity contribution < 1.29 is 13.2 Å². The summed E-state index contributed by atoms with van der Waals surface area (Å²) in [5.74, 6) is 0.617. The average molecular weight is 243 g/mol. The molecule has 0 saturated carbocycles. The minimum Gasteiger partial charge on any atom is -0.492 e. The molecule has 1 rings (SSSR count). The van der Waals surface area contributed by atoms with Crippen molar-refractivity contribution in [1.82, 2.24) is 0 Å². The van der Waals surface area contributed by atoms with Gasteiger partial charge in [0.1, 0.15) is 5.75 Å². The molecular weight excluding hydrogens is 226 g/mol. The van der Waals surface area contributed by atoms with E-state index in [1.165, 1.54) is 0 Å². The van der Waals surface area contributed by atoms with E-state index in [9.17, 15) is 8.42 Å². The van der Waals surface area contributed by atoms with E-state index in [1.54, 1.807) is 13.0 Å². The Morgan fingerprint density at radius 1 is 1.31 bits per heavy atom. The first-order valence-electron chi connectivity index (χ1n) is 5.22. The number of nitrogens with one attached hydrogen (secondary N) is 1. The Hall–Kier alpha value is -1.23. The molecule has 0 aliphatic carbocycles. The highest BCUT2D eigenvalue weighted by Gasteiger charge is 2.11. The largest absolute Gasteiger partial charge is 0.492 e. The van der Waals surface area contributed by atoms with E-state index in [2.05, 4.69) is 4.72 Å². The van der Waals surface area contributed by atoms with Gasteiger partial charge in [0, 0.05) is 0 Å². The van der Waals surface area contributed by atoms with Crippen molar-refractivity contribution in [3.63, 3.8) is 0 Å². The molecule has 1 N–H and O–H groups in total. The van der Waals surface area contributed by atoms with Gasteiger partial charge in [0.15, 0.2) is 0 Å². The van der Waals surface area contributed by atoms with Gasteiger partial charge >= 0.3 is 0 Å². The normalized spacial score (nSPS) is 11.2. The fourth-order valence-corrected chi connectivity index (χ4v) is 1.88. The van der Waals surface area contributed by atoms with Crippen molar-refractivity contribution in [3.05, 3.63) is 23.8 Å². The van der Waals surface area contributed by atoms with Crippen LogP contribution in [0.25, 0.3) is 0 Å². The lowest BCUT2D eigenvalue weighted by Crippen LogP contribution is -2.15. The van der Waals surface area contributed by atoms with Crippen LogP contribution in [-0.4, -0.2) is 20.8 Å². The Kier molecular flexibility index (Phi) is 4.18. The fraction of sp³-hybridized carbons (Fsp3) is 0.455. The topological polar surface area (TPSA) is 55.4 Å². The molecule has 4 nitrogen and oxygen atoms in total. The van der Waals surface area contributed by atoms with Crippen LogP contribution in [0.3, 0.4) is 0 Å². The second-order valence-electron chi connectivity index (χ2n) is 3.44. The van der Waals surface area contributed by atoms with Crippen LogP contribution in [0.1, 0.15) is 19.4 Å². The van der Waals surface area contributed by atoms with Gasteiger partial charge in [-0.3, -0.25) is 4.72 Å². The first kappa shape index (κ1) is 12.8. The van der Waals surface area contributed by atoms with Gasteiger partial charge in [-0.05, 0) is 38.5 Å². The first-order chi connectivity index (χ1) is 7.48. The summed E-state index contributed by atoms with van der Waals surface area (Å²) in [6.45, 7) is 5.89. The number of hydrogen-bond donors (Lipinski definition) is 1. The van der Waals surface area contributed by atoms with Crippen LogP contribution in [0.15, 0.2) is 18.2 Å². The standard InChI is InChI=1S/C11H17NO3S/c1-4-15-11-8-9(3)6-7-10(11)12-16(13,14)5-2/h6-8,12H,4-5H2,1-3H3. The number of anilines is 1. The highest BCUT2D eigenvalue weighted by Crippen LogP contribution is 2.26. The number of benzene rings is 1. The van der Waals surface area contributed by atoms with E-state index in [1.807, 2.05) is 26.0 Å². The Morgan fingerprint density at radius 3 is 2.56 bits per heavy atom. The van der Waals surface area contributed by atoms with Gasteiger partial charge in [0.25, 0.3) is 0 Å². The van der Waals surface area contributed by atoms with E-state index in [4.69, 9.17) is 4.74 Å². The molecule has 0 spiro atoms. The van der Waals surface area contributed by atoms with Crippen LogP contribution in [0, 0.1) is 6.92 Å². The lowest BCUT2D eigenvalue weighted by Gasteiger charge is -2.12. The minimum atomic E-state index is -3.26. The summed E-state index contributed by atoms with van der Waals surface area (Å²) in [5.41, 5.74) is 1.53. The Morgan fingerprint density at radius 2 is 2.00 bits per heavy atom. The number of aryl methyl sites for hydroxylation is 1. The Balaban J connectivity index is 3.03. The van der Waals surface area contributed by atoms with Crippen LogP contribution in [0.4, 0.5) is 5.69 Å². The van der Waals surface area contributed by atoms with Gasteiger partial charge in [0.05, 0.1) is 18.0 Å². The molecule has 0 unspecified atom stereocenters. The van der Waals surface area contributed by atoms with Crippen molar-refractivity contribution in [2.75, 3.05) is 17.1 Å². The lowest BCUT2D eigenvalue weighted by molar-refractivity contribution is 0.342. The van der Waals surface area contributed by atoms with Gasteiger partial charge in [0.2, 0.25) is 10.0 Å². The highest BCUT2D eigenvalue weighted by molar-refractivity contribution is 7.92. The van der Waals surface area contributed by atoms with Crippen LogP contribution >= 0.6 is 0 Å². The van der Waals surface area contributed by atoms with Gasteiger partial charge in [-0.2, -0.15) is 0 Å². The molecule has 0 aromatic heterocycles. The molecule has 0 radical (unpaired) electrons. The maximum Gasteiger partial charge on any atom is 0.232 e. The summed E-state index contributed by atoms with van der Waals surface area (Å²) in [4.78, 5) is 0. The van der Waals surface area contributed by atoms with Gasteiger partial charge in [-0.1, -0.05) is 6.07 Å². The summed E-state index contributed by atoms with van der Waals surface area (Å²) >= 11 is 0. The molecule has 0 saturated heterocycles. The Labute approximate surface area is 96.7 Å². The molecule has 0 aliphatic heterocycles. The molecular formula is C11H17NO3S. The number of hydrogen-bond acceptors (Lipinski definition) is 3. The summed E-state index contributed by atoms with van der Waals surface area (Å²) in [6.07, 6.45) is 0. The number of rotatable bonds is 5. The van der Waals surface area contributed by atoms with Crippen molar-refractivity contribution in [3.8, 4) is 5.75 Å². The SMILES string of the molecule is CCOc1cc(C)ccc1NS(=O)(=O)CC. The molecule has 16 heavy (non-hydrogen) atoms. The van der Waals surface area contributed by atoms with E-state index in [0.29, 0.717) is 18.0 Å². The van der Waals surface area contributed by atoms with E-state index in [-0.39, 0.29) is 5.75 Å². The number of sulfonamides is 1. The Bertz CT molecular complexity index is 454. The summed E-state index contributed by atoms with van der Waals surface area (Å²) in [6, 6.07) is 5.38. The fourth-order valence-electron chi connectivity index (χ4n) is 1.23. The summed E-state index contributed by atoms with van der Waals surface area (Å²) in [5, 5.41) is 0. The molecule has 0 heterocycles. The molecule has 1 aromatic rings. The third kappa shape index (κ3) is 3.41. The van der Waals surface area contributed by atoms with Gasteiger partial charge in [-0.25, -0.2) is 8.42 Å². The van der Waals surface area contributed by atoms with E-state index >= 15 is 0 Å². The zero-order valence-electron chi connectivity index (χ0n) is 9.78. The van der Waals surface area contributed by atoms with Crippen molar-refractivity contribution >= 4 is 15.7 Å². The van der Waals surface area contributed by atoms with Gasteiger partial charge in [-0.15, -0.1) is 0 Å². The van der Waals surface area contributed by atoms with Crippen LogP contribution in [0.5, 0.6) is 5.75 Å². The zero-order valence-corrected chi connectivity index (χ0v) is 10.6. The molecule has 90 valence electrons. The van der Waals surface area contributed by atoms with Crippen LogP contribution in [0.2, 0.25) is 0 Å². The maximum atomic E-state index is 11.4. The third-order valence-corrected chi connectivity index (χ3v) is 3.37. The van der Waals surface area contributed by atoms with Gasteiger partial charge < -0.3 is 4.74 Å². The quantitative estimate of drug-likeness (QED) is 0.862. The lowest BCUT2D eigenvalue weighted by atomic mass is 10.2. The molecule has 0 bridgehead atoms.